The lowest BCUT2D eigenvalue weighted by atomic mass is 10.1. The molecule has 0 saturated carbocycles. The molecule has 5 heteroatoms. The van der Waals surface area contributed by atoms with Crippen LogP contribution in [0.5, 0.6) is 5.75 Å². The van der Waals surface area contributed by atoms with Gasteiger partial charge < -0.3 is 9.64 Å². The number of rotatable bonds is 5. The van der Waals surface area contributed by atoms with Crippen LogP contribution in [-0.4, -0.2) is 28.8 Å². The Morgan fingerprint density at radius 1 is 1.00 bits per heavy atom. The summed E-state index contributed by atoms with van der Waals surface area (Å²) in [5.41, 5.74) is 6.00. The fourth-order valence-electron chi connectivity index (χ4n) is 3.60. The third kappa shape index (κ3) is 3.20. The first-order chi connectivity index (χ1) is 13.6. The maximum Gasteiger partial charge on any atom is 0.165 e. The molecule has 5 nitrogen and oxygen atoms in total. The van der Waals surface area contributed by atoms with Crippen LogP contribution in [0, 0.1) is 13.8 Å². The largest absolute Gasteiger partial charge is 0.496 e. The molecule has 0 atom stereocenters. The van der Waals surface area contributed by atoms with Crippen LogP contribution in [0.15, 0.2) is 60.7 Å². The number of hydrogen-bond acceptors (Lipinski definition) is 4. The van der Waals surface area contributed by atoms with E-state index in [-0.39, 0.29) is 0 Å². The lowest BCUT2D eigenvalue weighted by Gasteiger charge is -2.20. The van der Waals surface area contributed by atoms with Gasteiger partial charge in [-0.05, 0) is 25.5 Å². The van der Waals surface area contributed by atoms with Gasteiger partial charge in [0.2, 0.25) is 0 Å². The van der Waals surface area contributed by atoms with E-state index in [2.05, 4.69) is 48.3 Å². The number of aromatic nitrogens is 3. The molecule has 0 aliphatic rings. The molecular weight excluding hydrogens is 348 g/mol. The van der Waals surface area contributed by atoms with Crippen molar-refractivity contribution < 1.29 is 4.74 Å². The van der Waals surface area contributed by atoms with Crippen molar-refractivity contribution in [1.29, 1.82) is 0 Å². The minimum Gasteiger partial charge on any atom is -0.496 e. The van der Waals surface area contributed by atoms with Crippen LogP contribution in [0.4, 0.5) is 5.82 Å². The van der Waals surface area contributed by atoms with Crippen molar-refractivity contribution in [3.05, 3.63) is 77.6 Å². The zero-order valence-corrected chi connectivity index (χ0v) is 16.7. The van der Waals surface area contributed by atoms with E-state index in [1.807, 2.05) is 42.6 Å². The lowest BCUT2D eigenvalue weighted by molar-refractivity contribution is 0.416. The van der Waals surface area contributed by atoms with Crippen LogP contribution in [-0.2, 0) is 6.54 Å². The zero-order chi connectivity index (χ0) is 19.7. The van der Waals surface area contributed by atoms with Crippen molar-refractivity contribution >= 4 is 11.5 Å². The summed E-state index contributed by atoms with van der Waals surface area (Å²) in [4.78, 5) is 7.02. The fraction of sp³-hybridized carbons (Fsp3) is 0.217. The molecular formula is C23H24N4O. The summed E-state index contributed by atoms with van der Waals surface area (Å²) in [6.45, 7) is 4.84. The van der Waals surface area contributed by atoms with Crippen molar-refractivity contribution in [3.63, 3.8) is 0 Å². The van der Waals surface area contributed by atoms with Gasteiger partial charge in [-0.1, -0.05) is 48.5 Å². The highest BCUT2D eigenvalue weighted by Gasteiger charge is 2.20. The zero-order valence-electron chi connectivity index (χ0n) is 16.7. The number of aryl methyl sites for hydroxylation is 2. The molecule has 0 aliphatic heterocycles. The topological polar surface area (TPSA) is 42.7 Å². The Labute approximate surface area is 165 Å². The molecule has 0 N–H and O–H groups in total. The Kier molecular flexibility index (Phi) is 4.74. The minimum atomic E-state index is 0.794. The third-order valence-corrected chi connectivity index (χ3v) is 4.90. The number of para-hydroxylation sites is 1. The predicted octanol–water partition coefficient (Wildman–Crippen LogP) is 4.66. The molecule has 2 aromatic heterocycles. The van der Waals surface area contributed by atoms with Crippen LogP contribution in [0.1, 0.15) is 17.0 Å². The quantitative estimate of drug-likeness (QED) is 0.511. The molecule has 0 spiro atoms. The molecule has 142 valence electrons. The van der Waals surface area contributed by atoms with Gasteiger partial charge >= 0.3 is 0 Å². The summed E-state index contributed by atoms with van der Waals surface area (Å²) >= 11 is 0. The number of nitrogens with zero attached hydrogens (tertiary/aromatic N) is 4. The standard InChI is InChI=1S/C23H24N4O/c1-16-14-21(26(3)15-18-10-6-5-7-11-18)27-23(24-16)22(17(2)25-27)19-12-8-9-13-20(19)28-4/h5-14H,15H2,1-4H3. The number of fused-ring (bicyclic) bond motifs is 1. The number of benzene rings is 2. The summed E-state index contributed by atoms with van der Waals surface area (Å²) in [6.07, 6.45) is 0. The lowest BCUT2D eigenvalue weighted by Crippen LogP contribution is -2.20. The van der Waals surface area contributed by atoms with E-state index in [0.717, 1.165) is 46.3 Å². The molecule has 0 amide bonds. The maximum atomic E-state index is 5.58. The fourth-order valence-corrected chi connectivity index (χ4v) is 3.60. The average molecular weight is 372 g/mol. The molecule has 0 radical (unpaired) electrons. The van der Waals surface area contributed by atoms with Gasteiger partial charge in [-0.2, -0.15) is 9.61 Å². The third-order valence-electron chi connectivity index (χ3n) is 4.90. The first kappa shape index (κ1) is 18.0. The van der Waals surface area contributed by atoms with Crippen molar-refractivity contribution in [2.75, 3.05) is 19.1 Å². The highest BCUT2D eigenvalue weighted by molar-refractivity contribution is 5.84. The van der Waals surface area contributed by atoms with Gasteiger partial charge in [0.15, 0.2) is 5.65 Å². The van der Waals surface area contributed by atoms with E-state index < -0.39 is 0 Å². The van der Waals surface area contributed by atoms with Gasteiger partial charge in [-0.15, -0.1) is 0 Å². The molecule has 28 heavy (non-hydrogen) atoms. The van der Waals surface area contributed by atoms with Gasteiger partial charge in [0.1, 0.15) is 11.6 Å². The molecule has 0 saturated heterocycles. The second kappa shape index (κ2) is 7.35. The molecule has 0 fully saturated rings. The molecule has 4 rings (SSSR count). The second-order valence-electron chi connectivity index (χ2n) is 6.99. The van der Waals surface area contributed by atoms with Gasteiger partial charge in [0.25, 0.3) is 0 Å². The van der Waals surface area contributed by atoms with Gasteiger partial charge in [0, 0.05) is 30.9 Å². The Balaban J connectivity index is 1.86. The van der Waals surface area contributed by atoms with Crippen LogP contribution in [0.25, 0.3) is 16.8 Å². The molecule has 0 unspecified atom stereocenters. The Morgan fingerprint density at radius 3 is 2.46 bits per heavy atom. The normalized spacial score (nSPS) is 11.0. The molecule has 0 bridgehead atoms. The highest BCUT2D eigenvalue weighted by atomic mass is 16.5. The molecule has 4 aromatic rings. The van der Waals surface area contributed by atoms with E-state index in [9.17, 15) is 0 Å². The van der Waals surface area contributed by atoms with E-state index in [0.29, 0.717) is 0 Å². The van der Waals surface area contributed by atoms with Gasteiger partial charge in [-0.3, -0.25) is 0 Å². The monoisotopic (exact) mass is 372 g/mol. The predicted molar refractivity (Wildman–Crippen MR) is 113 cm³/mol. The van der Waals surface area contributed by atoms with E-state index in [1.165, 1.54) is 5.56 Å². The maximum absolute atomic E-state index is 5.58. The number of hydrogen-bond donors (Lipinski definition) is 0. The van der Waals surface area contributed by atoms with Crippen LogP contribution >= 0.6 is 0 Å². The Bertz CT molecular complexity index is 1120. The summed E-state index contributed by atoms with van der Waals surface area (Å²) in [5, 5.41) is 4.83. The summed E-state index contributed by atoms with van der Waals surface area (Å²) < 4.78 is 7.52. The number of anilines is 1. The average Bonchev–Trinajstić information content (AvgIpc) is 3.03. The Morgan fingerprint density at radius 2 is 1.71 bits per heavy atom. The minimum absolute atomic E-state index is 0.794. The van der Waals surface area contributed by atoms with Crippen molar-refractivity contribution in [3.8, 4) is 16.9 Å². The summed E-state index contributed by atoms with van der Waals surface area (Å²) in [6, 6.07) is 20.5. The van der Waals surface area contributed by atoms with E-state index in [1.54, 1.807) is 7.11 Å². The second-order valence-corrected chi connectivity index (χ2v) is 6.99. The van der Waals surface area contributed by atoms with Crippen LogP contribution < -0.4 is 9.64 Å². The van der Waals surface area contributed by atoms with Crippen molar-refractivity contribution in [1.82, 2.24) is 14.6 Å². The molecule has 0 aliphatic carbocycles. The SMILES string of the molecule is COc1ccccc1-c1c(C)nn2c(N(C)Cc3ccccc3)cc(C)nc12. The summed E-state index contributed by atoms with van der Waals surface area (Å²) in [7, 11) is 3.78. The van der Waals surface area contributed by atoms with Crippen molar-refractivity contribution in [2.24, 2.45) is 0 Å². The van der Waals surface area contributed by atoms with E-state index >= 15 is 0 Å². The number of ether oxygens (including phenoxy) is 1. The van der Waals surface area contributed by atoms with Crippen LogP contribution in [0.2, 0.25) is 0 Å². The first-order valence-electron chi connectivity index (χ1n) is 9.34. The first-order valence-corrected chi connectivity index (χ1v) is 9.34. The van der Waals surface area contributed by atoms with Gasteiger partial charge in [-0.25, -0.2) is 4.98 Å². The van der Waals surface area contributed by atoms with Gasteiger partial charge in [0.05, 0.1) is 18.4 Å². The smallest absolute Gasteiger partial charge is 0.165 e. The highest BCUT2D eigenvalue weighted by Crippen LogP contribution is 2.35. The molecule has 2 heterocycles. The molecule has 2 aromatic carbocycles. The van der Waals surface area contributed by atoms with Crippen molar-refractivity contribution in [2.45, 2.75) is 20.4 Å². The van der Waals surface area contributed by atoms with Crippen LogP contribution in [0.3, 0.4) is 0 Å². The summed E-state index contributed by atoms with van der Waals surface area (Å²) in [5.74, 6) is 1.83. The Hall–Kier alpha value is -3.34. The number of methoxy groups -OCH3 is 1. The van der Waals surface area contributed by atoms with E-state index in [4.69, 9.17) is 14.8 Å².